The van der Waals surface area contributed by atoms with Crippen LogP contribution in [0.5, 0.6) is 0 Å². The number of anilines is 2. The Morgan fingerprint density at radius 2 is 1.71 bits per heavy atom. The van der Waals surface area contributed by atoms with Crippen LogP contribution in [0.3, 0.4) is 0 Å². The lowest BCUT2D eigenvalue weighted by molar-refractivity contribution is -0.116. The second-order valence-electron chi connectivity index (χ2n) is 6.28. The number of para-hydroxylation sites is 1. The third-order valence-electron chi connectivity index (χ3n) is 4.28. The number of carbonyl (C=O) groups is 2. The van der Waals surface area contributed by atoms with Crippen LogP contribution >= 0.6 is 0 Å². The number of amides is 1. The Balaban J connectivity index is 2.34. The fourth-order valence-electron chi connectivity index (χ4n) is 2.80. The molecule has 1 amide bonds. The van der Waals surface area contributed by atoms with Crippen LogP contribution in [0.1, 0.15) is 29.8 Å². The number of carbonyl (C=O) groups excluding carboxylic acids is 2. The van der Waals surface area contributed by atoms with Gasteiger partial charge in [-0.05, 0) is 43.2 Å². The molecule has 0 spiro atoms. The zero-order valence-electron chi connectivity index (χ0n) is 16.3. The summed E-state index contributed by atoms with van der Waals surface area (Å²) in [6.07, 6.45) is 1.87. The zero-order chi connectivity index (χ0) is 20.9. The van der Waals surface area contributed by atoms with Gasteiger partial charge in [-0.3, -0.25) is 9.10 Å². The fourth-order valence-corrected chi connectivity index (χ4v) is 3.98. The van der Waals surface area contributed by atoms with E-state index in [-0.39, 0.29) is 11.3 Å². The van der Waals surface area contributed by atoms with E-state index in [9.17, 15) is 18.0 Å². The number of methoxy groups -OCH3 is 1. The molecule has 0 aliphatic rings. The molecular formula is C20H24N2O5S. The first-order chi connectivity index (χ1) is 13.2. The molecule has 2 aromatic rings. The summed E-state index contributed by atoms with van der Waals surface area (Å²) in [5, 5.41) is 2.62. The molecule has 8 heteroatoms. The maximum Gasteiger partial charge on any atom is 0.339 e. The van der Waals surface area contributed by atoms with Crippen molar-refractivity contribution in [1.29, 1.82) is 0 Å². The lowest BCUT2D eigenvalue weighted by atomic mass is 10.1. The van der Waals surface area contributed by atoms with Crippen molar-refractivity contribution in [3.05, 3.63) is 59.7 Å². The minimum atomic E-state index is -3.72. The SMILES string of the molecule is CCc1ccc(N([C@H](C)C(=O)Nc2ccccc2C(=O)OC)S(C)(=O)=O)cc1. The van der Waals surface area contributed by atoms with Crippen LogP contribution in [0.15, 0.2) is 48.5 Å². The van der Waals surface area contributed by atoms with Gasteiger partial charge in [0.05, 0.1) is 30.3 Å². The minimum absolute atomic E-state index is 0.184. The van der Waals surface area contributed by atoms with Crippen molar-refractivity contribution in [2.75, 3.05) is 23.0 Å². The number of nitrogens with zero attached hydrogens (tertiary/aromatic N) is 1. The van der Waals surface area contributed by atoms with Gasteiger partial charge in [-0.2, -0.15) is 0 Å². The van der Waals surface area contributed by atoms with E-state index in [4.69, 9.17) is 4.74 Å². The molecule has 0 aliphatic carbocycles. The average molecular weight is 404 g/mol. The molecule has 0 heterocycles. The Morgan fingerprint density at radius 3 is 2.25 bits per heavy atom. The van der Waals surface area contributed by atoms with E-state index in [1.165, 1.54) is 20.1 Å². The van der Waals surface area contributed by atoms with Crippen LogP contribution < -0.4 is 9.62 Å². The molecule has 28 heavy (non-hydrogen) atoms. The molecule has 2 aromatic carbocycles. The highest BCUT2D eigenvalue weighted by Crippen LogP contribution is 2.23. The van der Waals surface area contributed by atoms with Gasteiger partial charge in [-0.15, -0.1) is 0 Å². The third-order valence-corrected chi connectivity index (χ3v) is 5.52. The molecule has 0 bridgehead atoms. The smallest absolute Gasteiger partial charge is 0.339 e. The first-order valence-electron chi connectivity index (χ1n) is 8.75. The number of aryl methyl sites for hydroxylation is 1. The molecule has 1 N–H and O–H groups in total. The standard InChI is InChI=1S/C20H24N2O5S/c1-5-15-10-12-16(13-11-15)22(28(4,25)26)14(2)19(23)21-18-9-7-6-8-17(18)20(24)27-3/h6-14H,5H2,1-4H3,(H,21,23)/t14-/m1/s1. The lowest BCUT2D eigenvalue weighted by Gasteiger charge is -2.28. The highest BCUT2D eigenvalue weighted by atomic mass is 32.2. The van der Waals surface area contributed by atoms with Gasteiger partial charge >= 0.3 is 5.97 Å². The largest absolute Gasteiger partial charge is 0.465 e. The van der Waals surface area contributed by atoms with E-state index in [0.29, 0.717) is 5.69 Å². The molecule has 0 radical (unpaired) electrons. The quantitative estimate of drug-likeness (QED) is 0.717. The molecule has 2 rings (SSSR count). The van der Waals surface area contributed by atoms with Crippen LogP contribution in [0, 0.1) is 0 Å². The summed E-state index contributed by atoms with van der Waals surface area (Å²) in [7, 11) is -2.48. The topological polar surface area (TPSA) is 92.8 Å². The molecule has 0 unspecified atom stereocenters. The van der Waals surface area contributed by atoms with Crippen molar-refractivity contribution in [3.63, 3.8) is 0 Å². The summed E-state index contributed by atoms with van der Waals surface area (Å²) < 4.78 is 30.5. The number of hydrogen-bond donors (Lipinski definition) is 1. The molecule has 7 nitrogen and oxygen atoms in total. The summed E-state index contributed by atoms with van der Waals surface area (Å²) in [5.74, 6) is -1.17. The van der Waals surface area contributed by atoms with Crippen molar-refractivity contribution in [1.82, 2.24) is 0 Å². The summed E-state index contributed by atoms with van der Waals surface area (Å²) in [6.45, 7) is 3.49. The normalized spacial score (nSPS) is 12.1. The monoisotopic (exact) mass is 404 g/mol. The van der Waals surface area contributed by atoms with Gasteiger partial charge in [0.15, 0.2) is 0 Å². The van der Waals surface area contributed by atoms with Crippen LogP contribution in [0.25, 0.3) is 0 Å². The number of nitrogens with one attached hydrogen (secondary N) is 1. The van der Waals surface area contributed by atoms with E-state index in [1.54, 1.807) is 30.3 Å². The lowest BCUT2D eigenvalue weighted by Crippen LogP contribution is -2.45. The Kier molecular flexibility index (Phi) is 6.80. The van der Waals surface area contributed by atoms with Crippen molar-refractivity contribution >= 4 is 33.3 Å². The Labute approximate surface area is 165 Å². The van der Waals surface area contributed by atoms with E-state index in [0.717, 1.165) is 22.5 Å². The van der Waals surface area contributed by atoms with Crippen molar-refractivity contribution in [3.8, 4) is 0 Å². The molecule has 0 saturated heterocycles. The Hall–Kier alpha value is -2.87. The number of ether oxygens (including phenoxy) is 1. The number of rotatable bonds is 7. The zero-order valence-corrected chi connectivity index (χ0v) is 17.1. The van der Waals surface area contributed by atoms with Gasteiger partial charge in [-0.25, -0.2) is 13.2 Å². The van der Waals surface area contributed by atoms with Gasteiger partial charge in [0.1, 0.15) is 6.04 Å². The molecule has 0 saturated carbocycles. The maximum atomic E-state index is 12.8. The first kappa shape index (κ1) is 21.4. The first-order valence-corrected chi connectivity index (χ1v) is 10.6. The number of esters is 1. The number of benzene rings is 2. The molecule has 0 aliphatic heterocycles. The summed E-state index contributed by atoms with van der Waals surface area (Å²) in [5.41, 5.74) is 1.88. The minimum Gasteiger partial charge on any atom is -0.465 e. The van der Waals surface area contributed by atoms with Crippen LogP contribution in [0.2, 0.25) is 0 Å². The molecular weight excluding hydrogens is 380 g/mol. The second kappa shape index (κ2) is 8.88. The van der Waals surface area contributed by atoms with E-state index < -0.39 is 27.9 Å². The van der Waals surface area contributed by atoms with Gasteiger partial charge in [0, 0.05) is 0 Å². The number of hydrogen-bond acceptors (Lipinski definition) is 5. The van der Waals surface area contributed by atoms with Crippen LogP contribution in [-0.2, 0) is 26.0 Å². The second-order valence-corrected chi connectivity index (χ2v) is 8.14. The Morgan fingerprint density at radius 1 is 1.11 bits per heavy atom. The summed E-state index contributed by atoms with van der Waals surface area (Å²) >= 11 is 0. The molecule has 150 valence electrons. The highest BCUT2D eigenvalue weighted by molar-refractivity contribution is 7.92. The van der Waals surface area contributed by atoms with Crippen LogP contribution in [-0.4, -0.2) is 39.7 Å². The average Bonchev–Trinajstić information content (AvgIpc) is 2.67. The van der Waals surface area contributed by atoms with Gasteiger partial charge in [0.25, 0.3) is 0 Å². The summed E-state index contributed by atoms with van der Waals surface area (Å²) in [6, 6.07) is 12.3. The third kappa shape index (κ3) is 4.89. The molecule has 0 fully saturated rings. The predicted molar refractivity (Wildman–Crippen MR) is 109 cm³/mol. The molecule has 0 aromatic heterocycles. The maximum absolute atomic E-state index is 12.8. The van der Waals surface area contributed by atoms with Crippen LogP contribution in [0.4, 0.5) is 11.4 Å². The predicted octanol–water partition coefficient (Wildman–Crippen LogP) is 2.83. The summed E-state index contributed by atoms with van der Waals surface area (Å²) in [4.78, 5) is 24.7. The van der Waals surface area contributed by atoms with Gasteiger partial charge in [-0.1, -0.05) is 31.2 Å². The van der Waals surface area contributed by atoms with Gasteiger partial charge in [0.2, 0.25) is 15.9 Å². The van der Waals surface area contributed by atoms with Crippen molar-refractivity contribution in [2.45, 2.75) is 26.3 Å². The van der Waals surface area contributed by atoms with Gasteiger partial charge < -0.3 is 10.1 Å². The fraction of sp³-hybridized carbons (Fsp3) is 0.300. The van der Waals surface area contributed by atoms with Crippen molar-refractivity contribution < 1.29 is 22.7 Å². The Bertz CT molecular complexity index is 955. The molecule has 1 atom stereocenters. The van der Waals surface area contributed by atoms with E-state index >= 15 is 0 Å². The van der Waals surface area contributed by atoms with E-state index in [2.05, 4.69) is 5.32 Å². The van der Waals surface area contributed by atoms with Crippen molar-refractivity contribution in [2.24, 2.45) is 0 Å². The number of sulfonamides is 1. The highest BCUT2D eigenvalue weighted by Gasteiger charge is 2.29. The van der Waals surface area contributed by atoms with E-state index in [1.807, 2.05) is 19.1 Å².